The van der Waals surface area contributed by atoms with Gasteiger partial charge in [0, 0.05) is 51.0 Å². The molecule has 4 rings (SSSR count). The van der Waals surface area contributed by atoms with E-state index in [1.165, 1.54) is 12.3 Å². The first-order chi connectivity index (χ1) is 17.1. The molecule has 4 aromatic rings. The molecule has 0 fully saturated rings. The van der Waals surface area contributed by atoms with Gasteiger partial charge in [0.15, 0.2) is 5.65 Å². The monoisotopic (exact) mass is 469 g/mol. The number of nitrogens with one attached hydrogen (secondary N) is 2. The van der Waals surface area contributed by atoms with E-state index in [4.69, 9.17) is 10.00 Å². The van der Waals surface area contributed by atoms with Crippen molar-refractivity contribution in [3.05, 3.63) is 83.3 Å². The Bertz CT molecular complexity index is 1390. The number of benzene rings is 1. The van der Waals surface area contributed by atoms with E-state index in [9.17, 15) is 9.59 Å². The second kappa shape index (κ2) is 11.0. The highest BCUT2D eigenvalue weighted by Crippen LogP contribution is 2.21. The molecule has 10 nitrogen and oxygen atoms in total. The number of aromatic nitrogens is 4. The first kappa shape index (κ1) is 23.5. The molecule has 10 heteroatoms. The molecular formula is C25H23N7O3. The lowest BCUT2D eigenvalue weighted by Gasteiger charge is -2.10. The minimum atomic E-state index is -0.402. The number of nitriles is 1. The molecule has 176 valence electrons. The van der Waals surface area contributed by atoms with E-state index < -0.39 is 5.91 Å². The van der Waals surface area contributed by atoms with Crippen LogP contribution in [0.2, 0.25) is 0 Å². The molecule has 0 atom stereocenters. The first-order valence-electron chi connectivity index (χ1n) is 10.9. The highest BCUT2D eigenvalue weighted by molar-refractivity contribution is 6.04. The predicted molar refractivity (Wildman–Crippen MR) is 129 cm³/mol. The largest absolute Gasteiger partial charge is 0.385 e. The van der Waals surface area contributed by atoms with Crippen LogP contribution in [-0.4, -0.2) is 45.1 Å². The molecule has 0 saturated carbocycles. The number of pyridine rings is 2. The Hall–Kier alpha value is -4.62. The van der Waals surface area contributed by atoms with Gasteiger partial charge >= 0.3 is 0 Å². The van der Waals surface area contributed by atoms with E-state index in [1.54, 1.807) is 48.3 Å². The maximum absolute atomic E-state index is 12.8. The molecule has 0 radical (unpaired) electrons. The summed E-state index contributed by atoms with van der Waals surface area (Å²) in [4.78, 5) is 38.5. The molecule has 0 saturated heterocycles. The average molecular weight is 470 g/mol. The Morgan fingerprint density at radius 2 is 1.94 bits per heavy atom. The molecule has 3 aromatic heterocycles. The van der Waals surface area contributed by atoms with Crippen LogP contribution in [0, 0.1) is 11.3 Å². The zero-order chi connectivity index (χ0) is 24.6. The molecule has 35 heavy (non-hydrogen) atoms. The summed E-state index contributed by atoms with van der Waals surface area (Å²) in [5, 5.41) is 14.8. The predicted octanol–water partition coefficient (Wildman–Crippen LogP) is 2.92. The van der Waals surface area contributed by atoms with Gasteiger partial charge in [0.25, 0.3) is 11.8 Å². The van der Waals surface area contributed by atoms with Crippen LogP contribution in [0.25, 0.3) is 11.2 Å². The normalized spacial score (nSPS) is 10.6. The Morgan fingerprint density at radius 3 is 2.71 bits per heavy atom. The van der Waals surface area contributed by atoms with Crippen LogP contribution >= 0.6 is 0 Å². The number of ether oxygens (including phenoxy) is 1. The SMILES string of the molecule is COCCCn1c(NC(=O)c2cccc(C#N)c2)nc2cc(C(=O)NCc3ccncc3)cnc21. The Balaban J connectivity index is 1.59. The minimum Gasteiger partial charge on any atom is -0.385 e. The number of amides is 2. The van der Waals surface area contributed by atoms with Gasteiger partial charge in [-0.2, -0.15) is 5.26 Å². The van der Waals surface area contributed by atoms with Crippen molar-refractivity contribution in [3.8, 4) is 6.07 Å². The molecular weight excluding hydrogens is 446 g/mol. The molecule has 1 aromatic carbocycles. The third kappa shape index (κ3) is 5.66. The van der Waals surface area contributed by atoms with Crippen molar-refractivity contribution in [2.45, 2.75) is 19.5 Å². The van der Waals surface area contributed by atoms with Crippen LogP contribution in [0.3, 0.4) is 0 Å². The molecule has 0 aliphatic heterocycles. The van der Waals surface area contributed by atoms with Gasteiger partial charge in [-0.15, -0.1) is 0 Å². The summed E-state index contributed by atoms with van der Waals surface area (Å²) >= 11 is 0. The lowest BCUT2D eigenvalue weighted by Crippen LogP contribution is -2.23. The van der Waals surface area contributed by atoms with Crippen LogP contribution in [-0.2, 0) is 17.8 Å². The molecule has 3 heterocycles. The van der Waals surface area contributed by atoms with Gasteiger partial charge in [0.05, 0.1) is 17.2 Å². The second-order valence-electron chi connectivity index (χ2n) is 7.68. The Morgan fingerprint density at radius 1 is 1.11 bits per heavy atom. The van der Waals surface area contributed by atoms with Gasteiger partial charge in [-0.1, -0.05) is 6.07 Å². The smallest absolute Gasteiger partial charge is 0.258 e. The molecule has 2 amide bonds. The van der Waals surface area contributed by atoms with Gasteiger partial charge in [-0.05, 0) is 48.4 Å². The van der Waals surface area contributed by atoms with Crippen LogP contribution < -0.4 is 10.6 Å². The van der Waals surface area contributed by atoms with Crippen LogP contribution in [0.15, 0.2) is 61.1 Å². The van der Waals surface area contributed by atoms with E-state index in [0.717, 1.165) is 5.56 Å². The van der Waals surface area contributed by atoms with Crippen molar-refractivity contribution in [1.29, 1.82) is 5.26 Å². The highest BCUT2D eigenvalue weighted by atomic mass is 16.5. The fourth-order valence-electron chi connectivity index (χ4n) is 3.50. The molecule has 0 unspecified atom stereocenters. The van der Waals surface area contributed by atoms with E-state index in [1.807, 2.05) is 18.2 Å². The van der Waals surface area contributed by atoms with Gasteiger partial charge in [0.2, 0.25) is 5.95 Å². The molecule has 2 N–H and O–H groups in total. The van der Waals surface area contributed by atoms with Crippen LogP contribution in [0.1, 0.15) is 38.3 Å². The standard InChI is InChI=1S/C25H23N7O3/c1-35-11-3-10-32-22-21(30-25(32)31-24(34)19-5-2-4-18(12-19)14-26)13-20(16-28-22)23(33)29-15-17-6-8-27-9-7-17/h2,4-9,12-13,16H,3,10-11,15H2,1H3,(H,29,33)(H,30,31,34). The van der Waals surface area contributed by atoms with Crippen molar-refractivity contribution >= 4 is 28.9 Å². The van der Waals surface area contributed by atoms with Crippen LogP contribution in [0.5, 0.6) is 0 Å². The fraction of sp³-hybridized carbons (Fsp3) is 0.200. The average Bonchev–Trinajstić information content (AvgIpc) is 3.24. The van der Waals surface area contributed by atoms with Gasteiger partial charge in [-0.25, -0.2) is 9.97 Å². The van der Waals surface area contributed by atoms with Gasteiger partial charge in [-0.3, -0.25) is 24.5 Å². The molecule has 0 aliphatic rings. The highest BCUT2D eigenvalue weighted by Gasteiger charge is 2.17. The minimum absolute atomic E-state index is 0.288. The van der Waals surface area contributed by atoms with Gasteiger partial charge in [0.1, 0.15) is 5.52 Å². The van der Waals surface area contributed by atoms with Crippen molar-refractivity contribution in [3.63, 3.8) is 0 Å². The number of fused-ring (bicyclic) bond motifs is 1. The number of carbonyl (C=O) groups is 2. The van der Waals surface area contributed by atoms with E-state index >= 15 is 0 Å². The number of imidazole rings is 1. The Labute approximate surface area is 201 Å². The molecule has 0 bridgehead atoms. The first-order valence-corrected chi connectivity index (χ1v) is 10.9. The van der Waals surface area contributed by atoms with E-state index in [0.29, 0.717) is 59.9 Å². The maximum Gasteiger partial charge on any atom is 0.258 e. The summed E-state index contributed by atoms with van der Waals surface area (Å²) in [6, 6.07) is 13.7. The summed E-state index contributed by atoms with van der Waals surface area (Å²) in [6.07, 6.45) is 5.49. The molecule has 0 spiro atoms. The third-order valence-electron chi connectivity index (χ3n) is 5.26. The fourth-order valence-corrected chi connectivity index (χ4v) is 3.50. The summed E-state index contributed by atoms with van der Waals surface area (Å²) in [5.41, 5.74) is 3.01. The van der Waals surface area contributed by atoms with E-state index in [-0.39, 0.29) is 5.91 Å². The van der Waals surface area contributed by atoms with Crippen molar-refractivity contribution in [2.24, 2.45) is 0 Å². The summed E-state index contributed by atoms with van der Waals surface area (Å²) in [6.45, 7) is 1.37. The summed E-state index contributed by atoms with van der Waals surface area (Å²) in [5.74, 6) is -0.393. The number of anilines is 1. The van der Waals surface area contributed by atoms with Crippen molar-refractivity contribution in [2.75, 3.05) is 19.0 Å². The number of methoxy groups -OCH3 is 1. The molecule has 0 aliphatic carbocycles. The lowest BCUT2D eigenvalue weighted by molar-refractivity contribution is 0.0949. The summed E-state index contributed by atoms with van der Waals surface area (Å²) < 4.78 is 6.93. The number of nitrogens with zero attached hydrogens (tertiary/aromatic N) is 5. The number of rotatable bonds is 9. The number of aryl methyl sites for hydroxylation is 1. The van der Waals surface area contributed by atoms with E-state index in [2.05, 4.69) is 25.6 Å². The lowest BCUT2D eigenvalue weighted by atomic mass is 10.1. The third-order valence-corrected chi connectivity index (χ3v) is 5.26. The second-order valence-corrected chi connectivity index (χ2v) is 7.68. The summed E-state index contributed by atoms with van der Waals surface area (Å²) in [7, 11) is 1.62. The maximum atomic E-state index is 12.8. The van der Waals surface area contributed by atoms with Gasteiger partial charge < -0.3 is 10.1 Å². The van der Waals surface area contributed by atoms with Crippen molar-refractivity contribution in [1.82, 2.24) is 24.8 Å². The number of hydrogen-bond donors (Lipinski definition) is 2. The number of hydrogen-bond acceptors (Lipinski definition) is 7. The topological polar surface area (TPSA) is 135 Å². The zero-order valence-corrected chi connectivity index (χ0v) is 19.1. The number of carbonyl (C=O) groups excluding carboxylic acids is 2. The van der Waals surface area contributed by atoms with Crippen LogP contribution in [0.4, 0.5) is 5.95 Å². The zero-order valence-electron chi connectivity index (χ0n) is 19.1. The van der Waals surface area contributed by atoms with Crippen molar-refractivity contribution < 1.29 is 14.3 Å². The quantitative estimate of drug-likeness (QED) is 0.360. The Kier molecular flexibility index (Phi) is 7.40.